The van der Waals surface area contributed by atoms with Crippen LogP contribution in [0.1, 0.15) is 46.8 Å². The molecule has 0 radical (unpaired) electrons. The van der Waals surface area contributed by atoms with E-state index in [1.165, 1.54) is 5.56 Å². The highest BCUT2D eigenvalue weighted by Crippen LogP contribution is 2.33. The molecule has 1 saturated heterocycles. The van der Waals surface area contributed by atoms with Gasteiger partial charge in [0.25, 0.3) is 0 Å². The largest absolute Gasteiger partial charge is 0.386 e. The smallest absolute Gasteiger partial charge is 0.106 e. The molecule has 4 aromatic rings. The van der Waals surface area contributed by atoms with E-state index in [1.807, 2.05) is 72.8 Å². The summed E-state index contributed by atoms with van der Waals surface area (Å²) < 4.78 is 18.9. The van der Waals surface area contributed by atoms with Crippen molar-refractivity contribution in [2.45, 2.75) is 56.9 Å². The Balaban J connectivity index is 1.29. The molecule has 0 saturated carbocycles. The molecule has 4 atom stereocenters. The number of aliphatic hydroxyl groups is 1. The predicted molar refractivity (Wildman–Crippen MR) is 150 cm³/mol. The average molecular weight is 509 g/mol. The van der Waals surface area contributed by atoms with Gasteiger partial charge >= 0.3 is 0 Å². The van der Waals surface area contributed by atoms with Crippen molar-refractivity contribution in [2.24, 2.45) is 0 Å². The van der Waals surface area contributed by atoms with Gasteiger partial charge in [-0.3, -0.25) is 0 Å². The van der Waals surface area contributed by atoms with Crippen molar-refractivity contribution < 1.29 is 19.3 Å². The van der Waals surface area contributed by atoms with Crippen molar-refractivity contribution in [3.05, 3.63) is 143 Å². The molecular weight excluding hydrogens is 472 g/mol. The van der Waals surface area contributed by atoms with Gasteiger partial charge in [0.15, 0.2) is 0 Å². The fourth-order valence-corrected chi connectivity index (χ4v) is 5.12. The van der Waals surface area contributed by atoms with E-state index in [0.29, 0.717) is 26.2 Å². The lowest BCUT2D eigenvalue weighted by Gasteiger charge is -2.38. The molecule has 4 aromatic carbocycles. The van der Waals surface area contributed by atoms with Gasteiger partial charge in [-0.15, -0.1) is 0 Å². The molecule has 4 heteroatoms. The lowest BCUT2D eigenvalue weighted by Crippen LogP contribution is -2.42. The van der Waals surface area contributed by atoms with Crippen LogP contribution in [0.5, 0.6) is 0 Å². The molecule has 0 amide bonds. The minimum Gasteiger partial charge on any atom is -0.386 e. The molecule has 4 unspecified atom stereocenters. The summed E-state index contributed by atoms with van der Waals surface area (Å²) in [5, 5.41) is 11.6. The topological polar surface area (TPSA) is 47.9 Å². The number of rotatable bonds is 11. The Morgan fingerprint density at radius 3 is 1.95 bits per heavy atom. The first-order valence-electron chi connectivity index (χ1n) is 13.5. The molecule has 0 aliphatic carbocycles. The molecule has 0 aromatic heterocycles. The molecule has 1 aliphatic heterocycles. The SMILES string of the molecule is OC(c1ccccc1Cc1ccccc1)C1CC(OCc2ccccc2)CC(COCc2ccccc2)O1. The summed E-state index contributed by atoms with van der Waals surface area (Å²) >= 11 is 0. The number of aliphatic hydroxyl groups excluding tert-OH is 1. The van der Waals surface area contributed by atoms with Gasteiger partial charge in [0.2, 0.25) is 0 Å². The normalized spacial score (nSPS) is 20.2. The van der Waals surface area contributed by atoms with Gasteiger partial charge in [-0.05, 0) is 34.2 Å². The molecule has 1 heterocycles. The van der Waals surface area contributed by atoms with E-state index >= 15 is 0 Å². The lowest BCUT2D eigenvalue weighted by molar-refractivity contribution is -0.169. The molecule has 5 rings (SSSR count). The van der Waals surface area contributed by atoms with E-state index in [4.69, 9.17) is 14.2 Å². The number of hydrogen-bond donors (Lipinski definition) is 1. The Morgan fingerprint density at radius 1 is 0.684 bits per heavy atom. The summed E-state index contributed by atoms with van der Waals surface area (Å²) in [5.74, 6) is 0. The van der Waals surface area contributed by atoms with Crippen LogP contribution in [0.25, 0.3) is 0 Å². The monoisotopic (exact) mass is 508 g/mol. The zero-order chi connectivity index (χ0) is 26.0. The fourth-order valence-electron chi connectivity index (χ4n) is 5.12. The second-order valence-electron chi connectivity index (χ2n) is 9.99. The second kappa shape index (κ2) is 13.5. The molecule has 196 valence electrons. The lowest BCUT2D eigenvalue weighted by atomic mass is 9.90. The van der Waals surface area contributed by atoms with Gasteiger partial charge in [-0.1, -0.05) is 115 Å². The molecule has 1 fully saturated rings. The third kappa shape index (κ3) is 7.40. The Labute approximate surface area is 225 Å². The van der Waals surface area contributed by atoms with Gasteiger partial charge in [0, 0.05) is 12.8 Å². The van der Waals surface area contributed by atoms with Crippen LogP contribution >= 0.6 is 0 Å². The van der Waals surface area contributed by atoms with Crippen LogP contribution in [0.4, 0.5) is 0 Å². The zero-order valence-electron chi connectivity index (χ0n) is 21.7. The third-order valence-electron chi connectivity index (χ3n) is 7.10. The van der Waals surface area contributed by atoms with Crippen molar-refractivity contribution in [1.82, 2.24) is 0 Å². The Bertz CT molecular complexity index is 1230. The predicted octanol–water partition coefficient (Wildman–Crippen LogP) is 6.66. The van der Waals surface area contributed by atoms with E-state index in [9.17, 15) is 5.11 Å². The Hall–Kier alpha value is -3.28. The summed E-state index contributed by atoms with van der Waals surface area (Å²) in [6, 6.07) is 38.9. The highest BCUT2D eigenvalue weighted by molar-refractivity contribution is 5.34. The zero-order valence-corrected chi connectivity index (χ0v) is 21.7. The van der Waals surface area contributed by atoms with Crippen LogP contribution < -0.4 is 0 Å². The van der Waals surface area contributed by atoms with Crippen molar-refractivity contribution >= 4 is 0 Å². The molecular formula is C34H36O4. The third-order valence-corrected chi connectivity index (χ3v) is 7.10. The van der Waals surface area contributed by atoms with E-state index in [2.05, 4.69) is 42.5 Å². The standard InChI is InChI=1S/C34H36O4/c35-34(32-19-11-10-18-29(32)20-26-12-4-1-5-13-26)33-22-30(37-24-28-16-8-3-9-17-28)21-31(38-33)25-36-23-27-14-6-2-7-15-27/h1-19,30-31,33-35H,20-25H2. The minimum absolute atomic E-state index is 0.0322. The first-order chi connectivity index (χ1) is 18.7. The molecule has 1 aliphatic rings. The minimum atomic E-state index is -0.755. The van der Waals surface area contributed by atoms with Crippen LogP contribution in [-0.2, 0) is 33.8 Å². The van der Waals surface area contributed by atoms with E-state index in [1.54, 1.807) is 0 Å². The average Bonchev–Trinajstić information content (AvgIpc) is 2.98. The van der Waals surface area contributed by atoms with E-state index in [0.717, 1.165) is 35.1 Å². The highest BCUT2D eigenvalue weighted by Gasteiger charge is 2.35. The van der Waals surface area contributed by atoms with Crippen LogP contribution in [0, 0.1) is 0 Å². The van der Waals surface area contributed by atoms with Crippen molar-refractivity contribution in [2.75, 3.05) is 6.61 Å². The first kappa shape index (κ1) is 26.3. The quantitative estimate of drug-likeness (QED) is 0.246. The summed E-state index contributed by atoms with van der Waals surface area (Å²) in [7, 11) is 0. The summed E-state index contributed by atoms with van der Waals surface area (Å²) in [4.78, 5) is 0. The summed E-state index contributed by atoms with van der Waals surface area (Å²) in [5.41, 5.74) is 5.51. The van der Waals surface area contributed by atoms with Gasteiger partial charge in [-0.2, -0.15) is 0 Å². The molecule has 1 N–H and O–H groups in total. The van der Waals surface area contributed by atoms with Gasteiger partial charge in [0.1, 0.15) is 6.10 Å². The molecule has 4 nitrogen and oxygen atoms in total. The molecule has 0 bridgehead atoms. The highest BCUT2D eigenvalue weighted by atomic mass is 16.6. The number of hydrogen-bond acceptors (Lipinski definition) is 4. The van der Waals surface area contributed by atoms with E-state index in [-0.39, 0.29) is 18.3 Å². The Kier molecular flexibility index (Phi) is 9.35. The van der Waals surface area contributed by atoms with Gasteiger partial charge < -0.3 is 19.3 Å². The molecule has 0 spiro atoms. The van der Waals surface area contributed by atoms with Crippen molar-refractivity contribution in [3.63, 3.8) is 0 Å². The van der Waals surface area contributed by atoms with Gasteiger partial charge in [-0.25, -0.2) is 0 Å². The van der Waals surface area contributed by atoms with Crippen LogP contribution in [0.15, 0.2) is 115 Å². The summed E-state index contributed by atoms with van der Waals surface area (Å²) in [6.07, 6.45) is 0.795. The second-order valence-corrected chi connectivity index (χ2v) is 9.99. The maximum Gasteiger partial charge on any atom is 0.106 e. The van der Waals surface area contributed by atoms with E-state index < -0.39 is 6.10 Å². The number of ether oxygens (including phenoxy) is 3. The Morgan fingerprint density at radius 2 is 1.26 bits per heavy atom. The maximum atomic E-state index is 11.6. The fraction of sp³-hybridized carbons (Fsp3) is 0.294. The molecule has 38 heavy (non-hydrogen) atoms. The number of benzene rings is 4. The van der Waals surface area contributed by atoms with Crippen LogP contribution in [0.2, 0.25) is 0 Å². The summed E-state index contributed by atoms with van der Waals surface area (Å²) in [6.45, 7) is 1.52. The van der Waals surface area contributed by atoms with Gasteiger partial charge in [0.05, 0.1) is 38.1 Å². The maximum absolute atomic E-state index is 11.6. The van der Waals surface area contributed by atoms with Crippen LogP contribution in [-0.4, -0.2) is 30.0 Å². The van der Waals surface area contributed by atoms with Crippen molar-refractivity contribution in [1.29, 1.82) is 0 Å². The first-order valence-corrected chi connectivity index (χ1v) is 13.5. The van der Waals surface area contributed by atoms with Crippen LogP contribution in [0.3, 0.4) is 0 Å². The van der Waals surface area contributed by atoms with Crippen molar-refractivity contribution in [3.8, 4) is 0 Å².